The average molecular weight is 449 g/mol. The molecule has 4 amide bonds. The van der Waals surface area contributed by atoms with Crippen LogP contribution >= 0.6 is 23.5 Å². The Morgan fingerprint density at radius 3 is 1.87 bits per heavy atom. The van der Waals surface area contributed by atoms with E-state index < -0.39 is 41.4 Å². The number of nitrogens with one attached hydrogen (secondary N) is 2. The monoisotopic (exact) mass is 448 g/mol. The highest BCUT2D eigenvalue weighted by Gasteiger charge is 2.50. The summed E-state index contributed by atoms with van der Waals surface area (Å²) < 4.78 is 5.66. The van der Waals surface area contributed by atoms with Gasteiger partial charge in [0.2, 0.25) is 11.8 Å². The number of carbonyl (C=O) groups excluding carboxylic acids is 4. The van der Waals surface area contributed by atoms with Gasteiger partial charge in [-0.3, -0.25) is 19.2 Å². The van der Waals surface area contributed by atoms with Gasteiger partial charge in [-0.25, -0.2) is 0 Å². The molecule has 2 atom stereocenters. The Labute approximate surface area is 181 Å². The molecule has 158 valence electrons. The lowest BCUT2D eigenvalue weighted by atomic mass is 9.74. The molecule has 2 heterocycles. The minimum atomic E-state index is -1.38. The van der Waals surface area contributed by atoms with Gasteiger partial charge in [0.1, 0.15) is 17.6 Å². The van der Waals surface area contributed by atoms with Crippen LogP contribution in [0.1, 0.15) is 18.4 Å². The van der Waals surface area contributed by atoms with Gasteiger partial charge in [-0.2, -0.15) is 9.98 Å². The first-order valence-electron chi connectivity index (χ1n) is 9.07. The minimum Gasteiger partial charge on any atom is -0.494 e. The largest absolute Gasteiger partial charge is 0.494 e. The molecule has 0 fully saturated rings. The number of carbonyl (C=O) groups is 4. The second kappa shape index (κ2) is 9.43. The normalized spacial score (nSPS) is 22.6. The molecule has 2 aliphatic rings. The van der Waals surface area contributed by atoms with Gasteiger partial charge in [-0.05, 0) is 31.1 Å². The van der Waals surface area contributed by atoms with Crippen LogP contribution in [0.5, 0.6) is 5.75 Å². The van der Waals surface area contributed by atoms with Crippen molar-refractivity contribution < 1.29 is 23.9 Å². The number of hydrogen-bond acceptors (Lipinski definition) is 7. The van der Waals surface area contributed by atoms with Gasteiger partial charge in [0, 0.05) is 5.92 Å². The summed E-state index contributed by atoms with van der Waals surface area (Å²) >= 11 is 2.23. The van der Waals surface area contributed by atoms with Gasteiger partial charge in [-0.1, -0.05) is 41.7 Å². The second-order valence-corrected chi connectivity index (χ2v) is 7.94. The van der Waals surface area contributed by atoms with Crippen molar-refractivity contribution in [3.8, 4) is 5.75 Å². The topological polar surface area (TPSA) is 126 Å². The third-order valence-electron chi connectivity index (χ3n) is 4.66. The summed E-state index contributed by atoms with van der Waals surface area (Å²) in [5.41, 5.74) is 0.395. The molecular formula is C19H20N4O5S2. The van der Waals surface area contributed by atoms with E-state index in [2.05, 4.69) is 20.6 Å². The van der Waals surface area contributed by atoms with Crippen molar-refractivity contribution in [2.45, 2.75) is 12.8 Å². The molecule has 0 radical (unpaired) electrons. The number of thioether (sulfide) groups is 2. The van der Waals surface area contributed by atoms with Gasteiger partial charge >= 0.3 is 0 Å². The Balaban J connectivity index is 2.16. The number of nitrogens with zero attached hydrogens (tertiary/aromatic N) is 2. The molecule has 2 N–H and O–H groups in total. The van der Waals surface area contributed by atoms with Crippen molar-refractivity contribution in [2.24, 2.45) is 21.8 Å². The van der Waals surface area contributed by atoms with Gasteiger partial charge in [0.25, 0.3) is 11.8 Å². The summed E-state index contributed by atoms with van der Waals surface area (Å²) in [7, 11) is 0. The fourth-order valence-corrected chi connectivity index (χ4v) is 4.17. The van der Waals surface area contributed by atoms with Crippen LogP contribution in [-0.2, 0) is 19.2 Å². The summed E-state index contributed by atoms with van der Waals surface area (Å²) in [5, 5.41) is 5.47. The van der Waals surface area contributed by atoms with E-state index in [9.17, 15) is 19.2 Å². The lowest BCUT2D eigenvalue weighted by Gasteiger charge is -2.33. The first-order valence-corrected chi connectivity index (χ1v) is 11.5. The molecule has 2 aliphatic heterocycles. The molecule has 2 unspecified atom stereocenters. The van der Waals surface area contributed by atoms with Crippen molar-refractivity contribution >= 4 is 57.5 Å². The summed E-state index contributed by atoms with van der Waals surface area (Å²) in [6.07, 6.45) is 3.34. The van der Waals surface area contributed by atoms with Crippen molar-refractivity contribution in [2.75, 3.05) is 19.1 Å². The third-order valence-corrected chi connectivity index (χ3v) is 5.82. The van der Waals surface area contributed by atoms with Crippen molar-refractivity contribution in [3.05, 3.63) is 29.8 Å². The maximum absolute atomic E-state index is 12.9. The number of para-hydroxylation sites is 1. The lowest BCUT2D eigenvalue weighted by Crippen LogP contribution is -2.52. The third kappa shape index (κ3) is 4.26. The van der Waals surface area contributed by atoms with E-state index in [1.165, 1.54) is 0 Å². The molecule has 1 aromatic rings. The molecule has 0 bridgehead atoms. The zero-order valence-corrected chi connectivity index (χ0v) is 18.1. The number of amidine groups is 2. The van der Waals surface area contributed by atoms with Gasteiger partial charge in [0.15, 0.2) is 10.3 Å². The van der Waals surface area contributed by atoms with Gasteiger partial charge in [-0.15, -0.1) is 0 Å². The molecule has 0 aliphatic carbocycles. The summed E-state index contributed by atoms with van der Waals surface area (Å²) in [5.74, 6) is -6.22. The van der Waals surface area contributed by atoms with E-state index in [-0.39, 0.29) is 10.3 Å². The van der Waals surface area contributed by atoms with Crippen LogP contribution in [0.2, 0.25) is 0 Å². The molecule has 11 heteroatoms. The molecular weight excluding hydrogens is 428 g/mol. The summed E-state index contributed by atoms with van der Waals surface area (Å²) in [4.78, 5) is 59.3. The first-order chi connectivity index (χ1) is 14.4. The van der Waals surface area contributed by atoms with Gasteiger partial charge in [0.05, 0.1) is 6.61 Å². The van der Waals surface area contributed by atoms with Gasteiger partial charge < -0.3 is 15.4 Å². The highest BCUT2D eigenvalue weighted by atomic mass is 32.2. The van der Waals surface area contributed by atoms with E-state index in [1.807, 2.05) is 0 Å². The SMILES string of the molecule is CCOc1ccccc1C(C1C(=O)N=C(SC)NC1=O)C1C(=O)N=C(SC)NC1=O. The molecule has 0 aromatic heterocycles. The van der Waals surface area contributed by atoms with Crippen LogP contribution in [0, 0.1) is 11.8 Å². The zero-order valence-electron chi connectivity index (χ0n) is 16.5. The highest BCUT2D eigenvalue weighted by Crippen LogP contribution is 2.41. The number of ether oxygens (including phenoxy) is 1. The zero-order chi connectivity index (χ0) is 21.8. The van der Waals surface area contributed by atoms with Crippen LogP contribution in [0.25, 0.3) is 0 Å². The standard InChI is InChI=1S/C19H20N4O5S2/c1-4-28-10-8-6-5-7-9(10)11(12-14(24)20-18(29-2)21-15(12)25)13-16(26)22-19(30-3)23-17(13)27/h5-8,11-13H,4H2,1-3H3,(H,20,21,24,25)(H,22,23,26,27). The molecule has 0 spiro atoms. The predicted octanol–water partition coefficient (Wildman–Crippen LogP) is 1.15. The van der Waals surface area contributed by atoms with Crippen LogP contribution in [-0.4, -0.2) is 53.1 Å². The smallest absolute Gasteiger partial charge is 0.261 e. The molecule has 0 saturated carbocycles. The van der Waals surface area contributed by atoms with E-state index in [1.54, 1.807) is 43.7 Å². The number of amides is 4. The maximum Gasteiger partial charge on any atom is 0.261 e. The highest BCUT2D eigenvalue weighted by molar-refractivity contribution is 8.13. The Kier molecular flexibility index (Phi) is 6.93. The number of rotatable bonds is 5. The quantitative estimate of drug-likeness (QED) is 0.647. The van der Waals surface area contributed by atoms with Crippen LogP contribution in [0.3, 0.4) is 0 Å². The van der Waals surface area contributed by atoms with E-state index >= 15 is 0 Å². The first kappa shape index (κ1) is 22.0. The number of benzene rings is 1. The van der Waals surface area contributed by atoms with Crippen molar-refractivity contribution in [1.82, 2.24) is 10.6 Å². The fourth-order valence-electron chi connectivity index (χ4n) is 3.41. The minimum absolute atomic E-state index is 0.167. The Bertz CT molecular complexity index is 910. The summed E-state index contributed by atoms with van der Waals surface area (Å²) in [6.45, 7) is 2.11. The van der Waals surface area contributed by atoms with Crippen molar-refractivity contribution in [3.63, 3.8) is 0 Å². The fraction of sp³-hybridized carbons (Fsp3) is 0.368. The van der Waals surface area contributed by atoms with E-state index in [0.29, 0.717) is 17.9 Å². The predicted molar refractivity (Wildman–Crippen MR) is 116 cm³/mol. The second-order valence-electron chi connectivity index (χ2n) is 6.35. The average Bonchev–Trinajstić information content (AvgIpc) is 2.72. The molecule has 9 nitrogen and oxygen atoms in total. The van der Waals surface area contributed by atoms with Crippen molar-refractivity contribution in [1.29, 1.82) is 0 Å². The number of hydrogen-bond donors (Lipinski definition) is 2. The van der Waals surface area contributed by atoms with E-state index in [4.69, 9.17) is 4.74 Å². The number of aliphatic imine (C=N–C) groups is 2. The van der Waals surface area contributed by atoms with Crippen LogP contribution in [0.4, 0.5) is 0 Å². The Hall–Kier alpha value is -2.66. The Morgan fingerprint density at radius 2 is 1.43 bits per heavy atom. The Morgan fingerprint density at radius 1 is 0.933 bits per heavy atom. The van der Waals surface area contributed by atoms with Crippen LogP contribution < -0.4 is 15.4 Å². The lowest BCUT2D eigenvalue weighted by molar-refractivity contribution is -0.139. The summed E-state index contributed by atoms with van der Waals surface area (Å²) in [6, 6.07) is 6.72. The molecule has 1 aromatic carbocycles. The molecule has 3 rings (SSSR count). The van der Waals surface area contributed by atoms with Crippen LogP contribution in [0.15, 0.2) is 34.3 Å². The molecule has 0 saturated heterocycles. The maximum atomic E-state index is 12.9. The van der Waals surface area contributed by atoms with E-state index in [0.717, 1.165) is 23.5 Å². The molecule has 30 heavy (non-hydrogen) atoms.